The van der Waals surface area contributed by atoms with Crippen molar-refractivity contribution in [2.75, 3.05) is 6.54 Å². The summed E-state index contributed by atoms with van der Waals surface area (Å²) in [4.78, 5) is 23.0. The lowest BCUT2D eigenvalue weighted by atomic mass is 10.00. The van der Waals surface area contributed by atoms with E-state index >= 15 is 0 Å². The maximum absolute atomic E-state index is 11.7. The first-order valence-electron chi connectivity index (χ1n) is 6.85. The summed E-state index contributed by atoms with van der Waals surface area (Å²) >= 11 is 0. The molecule has 0 unspecified atom stereocenters. The topological polar surface area (TPSA) is 55.4 Å². The van der Waals surface area contributed by atoms with Crippen LogP contribution in [0.15, 0.2) is 0 Å². The largest absolute Gasteiger partial charge is 0.444 e. The lowest BCUT2D eigenvalue weighted by Gasteiger charge is -2.19. The van der Waals surface area contributed by atoms with E-state index in [2.05, 4.69) is 5.32 Å². The van der Waals surface area contributed by atoms with Gasteiger partial charge in [0.05, 0.1) is 0 Å². The number of ether oxygens (including phenoxy) is 1. The van der Waals surface area contributed by atoms with Gasteiger partial charge < -0.3 is 10.1 Å². The van der Waals surface area contributed by atoms with E-state index in [0.717, 1.165) is 0 Å². The number of Topliss-reactive ketones (excluding diaryl/α,β-unsaturated/α-hetero) is 1. The molecule has 0 aromatic rings. The van der Waals surface area contributed by atoms with E-state index in [-0.39, 0.29) is 5.78 Å². The predicted octanol–water partition coefficient (Wildman–Crippen LogP) is 3.05. The van der Waals surface area contributed by atoms with Crippen LogP contribution in [0, 0.1) is 5.92 Å². The number of ketones is 1. The normalized spacial score (nSPS) is 16.6. The van der Waals surface area contributed by atoms with Crippen molar-refractivity contribution in [3.8, 4) is 0 Å². The van der Waals surface area contributed by atoms with Crippen molar-refractivity contribution >= 4 is 11.9 Å². The fraction of sp³-hybridized carbons (Fsp3) is 0.857. The minimum absolute atomic E-state index is 0.248. The van der Waals surface area contributed by atoms with Crippen LogP contribution < -0.4 is 5.32 Å². The molecule has 1 aliphatic rings. The summed E-state index contributed by atoms with van der Waals surface area (Å²) in [6, 6.07) is 0. The van der Waals surface area contributed by atoms with Crippen molar-refractivity contribution in [3.63, 3.8) is 0 Å². The molecule has 0 aromatic carbocycles. The second-order valence-electron chi connectivity index (χ2n) is 6.07. The third kappa shape index (κ3) is 6.62. The second-order valence-corrected chi connectivity index (χ2v) is 6.07. The zero-order chi connectivity index (χ0) is 13.6. The summed E-state index contributed by atoms with van der Waals surface area (Å²) in [7, 11) is 0. The van der Waals surface area contributed by atoms with Crippen LogP contribution in [0.25, 0.3) is 0 Å². The van der Waals surface area contributed by atoms with E-state index in [1.807, 2.05) is 20.8 Å². The molecular formula is C14H25NO3. The van der Waals surface area contributed by atoms with Crippen molar-refractivity contribution in [1.82, 2.24) is 5.32 Å². The number of hydrogen-bond donors (Lipinski definition) is 1. The van der Waals surface area contributed by atoms with E-state index in [4.69, 9.17) is 4.74 Å². The van der Waals surface area contributed by atoms with Crippen molar-refractivity contribution in [3.05, 3.63) is 0 Å². The van der Waals surface area contributed by atoms with Gasteiger partial charge in [0, 0.05) is 19.4 Å². The van der Waals surface area contributed by atoms with Gasteiger partial charge in [-0.25, -0.2) is 4.79 Å². The zero-order valence-electron chi connectivity index (χ0n) is 11.8. The Morgan fingerprint density at radius 3 is 2.39 bits per heavy atom. The molecule has 1 rings (SSSR count). The van der Waals surface area contributed by atoms with Crippen LogP contribution in [0.3, 0.4) is 0 Å². The lowest BCUT2D eigenvalue weighted by molar-refractivity contribution is -0.119. The Kier molecular flexibility index (Phi) is 5.63. The fourth-order valence-electron chi connectivity index (χ4n) is 2.26. The summed E-state index contributed by atoms with van der Waals surface area (Å²) in [5, 5.41) is 2.61. The Morgan fingerprint density at radius 1 is 1.22 bits per heavy atom. The van der Waals surface area contributed by atoms with Crippen LogP contribution in [0.1, 0.15) is 59.3 Å². The van der Waals surface area contributed by atoms with Crippen LogP contribution in [0.5, 0.6) is 0 Å². The van der Waals surface area contributed by atoms with Gasteiger partial charge >= 0.3 is 6.09 Å². The third-order valence-electron chi connectivity index (χ3n) is 3.06. The Labute approximate surface area is 109 Å². The maximum atomic E-state index is 11.7. The standard InChI is InChI=1S/C14H25NO3/c1-14(2,3)18-13(17)15-9-8-12(16)10-11-6-4-5-7-11/h11H,4-10H2,1-3H3,(H,15,17). The molecule has 0 atom stereocenters. The highest BCUT2D eigenvalue weighted by Crippen LogP contribution is 2.27. The third-order valence-corrected chi connectivity index (χ3v) is 3.06. The van der Waals surface area contributed by atoms with Gasteiger partial charge in [-0.1, -0.05) is 25.7 Å². The zero-order valence-corrected chi connectivity index (χ0v) is 11.8. The van der Waals surface area contributed by atoms with Gasteiger partial charge in [0.2, 0.25) is 0 Å². The number of nitrogens with one attached hydrogen (secondary N) is 1. The molecule has 1 fully saturated rings. The highest BCUT2D eigenvalue weighted by Gasteiger charge is 2.19. The van der Waals surface area contributed by atoms with Crippen molar-refractivity contribution in [1.29, 1.82) is 0 Å². The van der Waals surface area contributed by atoms with Crippen LogP contribution in [0.2, 0.25) is 0 Å². The fourth-order valence-corrected chi connectivity index (χ4v) is 2.26. The van der Waals surface area contributed by atoms with Crippen LogP contribution in [-0.2, 0) is 9.53 Å². The molecule has 0 radical (unpaired) electrons. The summed E-state index contributed by atoms with van der Waals surface area (Å²) in [5.41, 5.74) is -0.488. The first-order chi connectivity index (χ1) is 8.37. The molecular weight excluding hydrogens is 230 g/mol. The smallest absolute Gasteiger partial charge is 0.407 e. The van der Waals surface area contributed by atoms with Gasteiger partial charge in [-0.2, -0.15) is 0 Å². The Bertz CT molecular complexity index is 288. The molecule has 0 aromatic heterocycles. The molecule has 1 aliphatic carbocycles. The molecule has 1 N–H and O–H groups in total. The second kappa shape index (κ2) is 6.76. The number of hydrogen-bond acceptors (Lipinski definition) is 3. The Morgan fingerprint density at radius 2 is 1.83 bits per heavy atom. The maximum Gasteiger partial charge on any atom is 0.407 e. The first-order valence-corrected chi connectivity index (χ1v) is 6.85. The quantitative estimate of drug-likeness (QED) is 0.821. The van der Waals surface area contributed by atoms with Crippen molar-refractivity contribution < 1.29 is 14.3 Å². The van der Waals surface area contributed by atoms with Gasteiger partial charge in [-0.05, 0) is 26.7 Å². The number of alkyl carbamates (subject to hydrolysis) is 1. The molecule has 1 saturated carbocycles. The average Bonchev–Trinajstić information content (AvgIpc) is 2.67. The first kappa shape index (κ1) is 15.0. The average molecular weight is 255 g/mol. The molecule has 1 amide bonds. The minimum Gasteiger partial charge on any atom is -0.444 e. The Balaban J connectivity index is 2.09. The predicted molar refractivity (Wildman–Crippen MR) is 70.4 cm³/mol. The van der Waals surface area contributed by atoms with E-state index < -0.39 is 11.7 Å². The van der Waals surface area contributed by atoms with Gasteiger partial charge in [0.1, 0.15) is 11.4 Å². The molecule has 18 heavy (non-hydrogen) atoms. The summed E-state index contributed by atoms with van der Waals surface area (Å²) in [6.07, 6.45) is 5.53. The Hall–Kier alpha value is -1.06. The summed E-state index contributed by atoms with van der Waals surface area (Å²) in [6.45, 7) is 5.83. The van der Waals surface area contributed by atoms with E-state index in [0.29, 0.717) is 25.3 Å². The number of carbonyl (C=O) groups is 2. The number of rotatable bonds is 5. The molecule has 4 nitrogen and oxygen atoms in total. The van der Waals surface area contributed by atoms with E-state index in [9.17, 15) is 9.59 Å². The van der Waals surface area contributed by atoms with Crippen LogP contribution >= 0.6 is 0 Å². The van der Waals surface area contributed by atoms with Gasteiger partial charge in [0.25, 0.3) is 0 Å². The number of carbonyl (C=O) groups excluding carboxylic acids is 2. The molecule has 0 bridgehead atoms. The van der Waals surface area contributed by atoms with E-state index in [1.54, 1.807) is 0 Å². The molecule has 0 spiro atoms. The van der Waals surface area contributed by atoms with Crippen LogP contribution in [-0.4, -0.2) is 24.0 Å². The van der Waals surface area contributed by atoms with Crippen LogP contribution in [0.4, 0.5) is 4.79 Å². The van der Waals surface area contributed by atoms with Gasteiger partial charge in [0.15, 0.2) is 0 Å². The van der Waals surface area contributed by atoms with Gasteiger partial charge in [-0.15, -0.1) is 0 Å². The summed E-state index contributed by atoms with van der Waals surface area (Å²) in [5.74, 6) is 0.831. The van der Waals surface area contributed by atoms with Crippen molar-refractivity contribution in [2.24, 2.45) is 5.92 Å². The SMILES string of the molecule is CC(C)(C)OC(=O)NCCC(=O)CC1CCCC1. The summed E-state index contributed by atoms with van der Waals surface area (Å²) < 4.78 is 5.09. The van der Waals surface area contributed by atoms with Gasteiger partial charge in [-0.3, -0.25) is 4.79 Å². The monoisotopic (exact) mass is 255 g/mol. The lowest BCUT2D eigenvalue weighted by Crippen LogP contribution is -2.33. The number of amides is 1. The molecule has 0 aliphatic heterocycles. The minimum atomic E-state index is -0.488. The van der Waals surface area contributed by atoms with E-state index in [1.165, 1.54) is 25.7 Å². The molecule has 0 saturated heterocycles. The molecule has 4 heteroatoms. The highest BCUT2D eigenvalue weighted by molar-refractivity contribution is 5.79. The highest BCUT2D eigenvalue weighted by atomic mass is 16.6. The molecule has 104 valence electrons. The van der Waals surface area contributed by atoms with Crippen molar-refractivity contribution in [2.45, 2.75) is 64.9 Å². The molecule has 0 heterocycles.